The molecule has 0 N–H and O–H groups in total. The molecule has 4 rings (SSSR count). The topological polar surface area (TPSA) is 54.8 Å². The second kappa shape index (κ2) is 7.91. The Kier molecular flexibility index (Phi) is 5.32. The lowest BCUT2D eigenvalue weighted by Crippen LogP contribution is -2.08. The molecule has 7 heteroatoms. The molecule has 1 aliphatic rings. The van der Waals surface area contributed by atoms with Gasteiger partial charge in [-0.05, 0) is 54.5 Å². The number of aliphatic imine (C=N–C) groups is 1. The third-order valence-electron chi connectivity index (χ3n) is 5.01. The van der Waals surface area contributed by atoms with Crippen LogP contribution >= 0.6 is 11.3 Å². The quantitative estimate of drug-likeness (QED) is 0.345. The molecule has 0 spiro atoms. The van der Waals surface area contributed by atoms with Crippen LogP contribution in [0.25, 0.3) is 21.3 Å². The van der Waals surface area contributed by atoms with E-state index in [1.54, 1.807) is 18.5 Å². The number of rotatable bonds is 4. The number of fused-ring (bicyclic) bond motifs is 2. The molecular formula is C22H22FN3O2S. The predicted molar refractivity (Wildman–Crippen MR) is 115 cm³/mol. The summed E-state index contributed by atoms with van der Waals surface area (Å²) in [5.74, 6) is -0.707. The number of thiophene rings is 1. The molecule has 0 fully saturated rings. The van der Waals surface area contributed by atoms with Crippen molar-refractivity contribution < 1.29 is 13.9 Å². The molecule has 1 aliphatic carbocycles. The number of ether oxygens (including phenoxy) is 1. The summed E-state index contributed by atoms with van der Waals surface area (Å²) in [6.45, 7) is 0. The highest BCUT2D eigenvalue weighted by atomic mass is 32.1. The van der Waals surface area contributed by atoms with Crippen LogP contribution in [0.3, 0.4) is 0 Å². The first-order valence-corrected chi connectivity index (χ1v) is 10.3. The number of carbonyl (C=O) groups is 1. The van der Waals surface area contributed by atoms with Gasteiger partial charge < -0.3 is 9.64 Å². The van der Waals surface area contributed by atoms with Gasteiger partial charge in [0.15, 0.2) is 0 Å². The van der Waals surface area contributed by atoms with E-state index in [1.165, 1.54) is 36.1 Å². The van der Waals surface area contributed by atoms with E-state index < -0.39 is 5.97 Å². The maximum absolute atomic E-state index is 13.6. The molecule has 0 aliphatic heterocycles. The van der Waals surface area contributed by atoms with Gasteiger partial charge in [0.2, 0.25) is 0 Å². The van der Waals surface area contributed by atoms with Crippen molar-refractivity contribution in [2.45, 2.75) is 25.7 Å². The summed E-state index contributed by atoms with van der Waals surface area (Å²) in [7, 11) is 5.11. The zero-order valence-corrected chi connectivity index (χ0v) is 17.5. The minimum atomic E-state index is -0.429. The van der Waals surface area contributed by atoms with Crippen molar-refractivity contribution in [1.29, 1.82) is 0 Å². The van der Waals surface area contributed by atoms with Gasteiger partial charge in [0.1, 0.15) is 21.2 Å². The van der Waals surface area contributed by atoms with Crippen molar-refractivity contribution in [3.63, 3.8) is 0 Å². The van der Waals surface area contributed by atoms with Crippen LogP contribution in [0.15, 0.2) is 29.3 Å². The minimum Gasteiger partial charge on any atom is -0.465 e. The lowest BCUT2D eigenvalue weighted by atomic mass is 9.87. The Hall–Kier alpha value is -2.80. The number of halogens is 1. The third-order valence-corrected chi connectivity index (χ3v) is 6.07. The Labute approximate surface area is 172 Å². The number of carbonyl (C=O) groups excluding carboxylic acids is 1. The molecule has 150 valence electrons. The van der Waals surface area contributed by atoms with Gasteiger partial charge in [-0.15, -0.1) is 11.3 Å². The number of hydrogen-bond donors (Lipinski definition) is 0. The molecule has 0 bridgehead atoms. The van der Waals surface area contributed by atoms with E-state index >= 15 is 0 Å². The molecule has 2 aromatic heterocycles. The van der Waals surface area contributed by atoms with Gasteiger partial charge in [-0.25, -0.2) is 19.2 Å². The van der Waals surface area contributed by atoms with E-state index in [-0.39, 0.29) is 5.82 Å². The highest BCUT2D eigenvalue weighted by Gasteiger charge is 2.27. The Balaban J connectivity index is 2.10. The van der Waals surface area contributed by atoms with E-state index in [0.717, 1.165) is 52.7 Å². The first-order valence-electron chi connectivity index (χ1n) is 9.52. The maximum Gasteiger partial charge on any atom is 0.350 e. The fourth-order valence-electron chi connectivity index (χ4n) is 3.73. The average Bonchev–Trinajstić information content (AvgIpc) is 3.08. The molecule has 0 unspecified atom stereocenters. The van der Waals surface area contributed by atoms with Crippen LogP contribution in [0.5, 0.6) is 0 Å². The molecule has 1 aromatic carbocycles. The number of pyridine rings is 1. The fraction of sp³-hybridized carbons (Fsp3) is 0.318. The van der Waals surface area contributed by atoms with E-state index in [0.29, 0.717) is 10.6 Å². The zero-order chi connectivity index (χ0) is 20.5. The van der Waals surface area contributed by atoms with Crippen LogP contribution in [-0.2, 0) is 17.6 Å². The SMILES string of the molecule is COC(=O)c1sc2nc3c(c(-c4ccc(F)cc4)c2c1N=CN(C)C)CCCC3. The van der Waals surface area contributed by atoms with Gasteiger partial charge >= 0.3 is 5.97 Å². The summed E-state index contributed by atoms with van der Waals surface area (Å²) in [5.41, 5.74) is 4.70. The zero-order valence-electron chi connectivity index (χ0n) is 16.7. The monoisotopic (exact) mass is 411 g/mol. The summed E-state index contributed by atoms with van der Waals surface area (Å²) in [4.78, 5) is 25.0. The van der Waals surface area contributed by atoms with Gasteiger partial charge in [0.25, 0.3) is 0 Å². The Bertz CT molecular complexity index is 1100. The normalized spacial score (nSPS) is 13.7. The van der Waals surface area contributed by atoms with E-state index in [1.807, 2.05) is 19.0 Å². The fourth-order valence-corrected chi connectivity index (χ4v) is 4.80. The molecule has 0 radical (unpaired) electrons. The summed E-state index contributed by atoms with van der Waals surface area (Å²) < 4.78 is 18.6. The van der Waals surface area contributed by atoms with Crippen LogP contribution in [0.4, 0.5) is 10.1 Å². The molecule has 0 atom stereocenters. The molecule has 29 heavy (non-hydrogen) atoms. The third kappa shape index (κ3) is 3.62. The molecule has 0 saturated carbocycles. The number of nitrogens with zero attached hydrogens (tertiary/aromatic N) is 3. The lowest BCUT2D eigenvalue weighted by molar-refractivity contribution is 0.0607. The molecule has 2 heterocycles. The average molecular weight is 412 g/mol. The van der Waals surface area contributed by atoms with Crippen LogP contribution in [0.1, 0.15) is 33.8 Å². The van der Waals surface area contributed by atoms with Crippen molar-refractivity contribution in [2.24, 2.45) is 4.99 Å². The van der Waals surface area contributed by atoms with Crippen LogP contribution in [0.2, 0.25) is 0 Å². The van der Waals surface area contributed by atoms with Gasteiger partial charge in [-0.2, -0.15) is 0 Å². The maximum atomic E-state index is 13.6. The Morgan fingerprint density at radius 1 is 1.24 bits per heavy atom. The van der Waals surface area contributed by atoms with Crippen molar-refractivity contribution in [3.05, 3.63) is 46.2 Å². The summed E-state index contributed by atoms with van der Waals surface area (Å²) in [6.07, 6.45) is 5.65. The Morgan fingerprint density at radius 3 is 2.66 bits per heavy atom. The molecule has 0 amide bonds. The predicted octanol–water partition coefficient (Wildman–Crippen LogP) is 4.99. The molecule has 3 aromatic rings. The first kappa shape index (κ1) is 19.5. The van der Waals surface area contributed by atoms with Crippen LogP contribution in [0, 0.1) is 5.82 Å². The highest BCUT2D eigenvalue weighted by molar-refractivity contribution is 7.21. The van der Waals surface area contributed by atoms with Crippen molar-refractivity contribution in [1.82, 2.24) is 9.88 Å². The highest BCUT2D eigenvalue weighted by Crippen LogP contribution is 2.46. The second-order valence-electron chi connectivity index (χ2n) is 7.29. The van der Waals surface area contributed by atoms with E-state index in [2.05, 4.69) is 4.99 Å². The number of aryl methyl sites for hydroxylation is 1. The number of methoxy groups -OCH3 is 1. The first-order chi connectivity index (χ1) is 14.0. The van der Waals surface area contributed by atoms with Crippen LogP contribution < -0.4 is 0 Å². The van der Waals surface area contributed by atoms with Gasteiger partial charge in [-0.1, -0.05) is 12.1 Å². The number of hydrogen-bond acceptors (Lipinski definition) is 5. The minimum absolute atomic E-state index is 0.278. The lowest BCUT2D eigenvalue weighted by Gasteiger charge is -2.20. The number of esters is 1. The standard InChI is InChI=1S/C22H22FN3O2S/c1-26(2)12-24-19-18-17(13-8-10-14(23)11-9-13)15-6-4-5-7-16(15)25-21(18)29-20(19)22(27)28-3/h8-12H,4-7H2,1-3H3. The number of aromatic nitrogens is 1. The van der Waals surface area contributed by atoms with Gasteiger partial charge in [0.05, 0.1) is 13.4 Å². The van der Waals surface area contributed by atoms with Gasteiger partial charge in [-0.3, -0.25) is 0 Å². The molecule has 0 saturated heterocycles. The van der Waals surface area contributed by atoms with Crippen molar-refractivity contribution >= 4 is 39.5 Å². The molecule has 5 nitrogen and oxygen atoms in total. The second-order valence-corrected chi connectivity index (χ2v) is 8.28. The summed E-state index contributed by atoms with van der Waals surface area (Å²) in [5, 5.41) is 0.834. The smallest absolute Gasteiger partial charge is 0.350 e. The van der Waals surface area contributed by atoms with Gasteiger partial charge in [0, 0.05) is 25.2 Å². The summed E-state index contributed by atoms with van der Waals surface area (Å²) in [6, 6.07) is 6.50. The van der Waals surface area contributed by atoms with E-state index in [4.69, 9.17) is 9.72 Å². The molecular weight excluding hydrogens is 389 g/mol. The van der Waals surface area contributed by atoms with Crippen molar-refractivity contribution in [3.8, 4) is 11.1 Å². The largest absolute Gasteiger partial charge is 0.465 e. The summed E-state index contributed by atoms with van der Waals surface area (Å²) >= 11 is 1.30. The van der Waals surface area contributed by atoms with E-state index in [9.17, 15) is 9.18 Å². The Morgan fingerprint density at radius 2 is 1.97 bits per heavy atom. The van der Waals surface area contributed by atoms with Crippen LogP contribution in [-0.4, -0.2) is 43.4 Å². The number of benzene rings is 1. The van der Waals surface area contributed by atoms with Crippen molar-refractivity contribution in [2.75, 3.05) is 21.2 Å².